The summed E-state index contributed by atoms with van der Waals surface area (Å²) in [5.41, 5.74) is 19.0. The predicted molar refractivity (Wildman–Crippen MR) is 316 cm³/mol. The van der Waals surface area contributed by atoms with Gasteiger partial charge >= 0.3 is 0 Å². The number of aliphatic hydroxyl groups is 4. The van der Waals surface area contributed by atoms with E-state index in [9.17, 15) is 25.5 Å². The van der Waals surface area contributed by atoms with Gasteiger partial charge in [0.2, 0.25) is 0 Å². The summed E-state index contributed by atoms with van der Waals surface area (Å²) in [7, 11) is 3.99. The number of aryl methyl sites for hydroxylation is 3. The maximum Gasteiger partial charge on any atom is 0.189 e. The van der Waals surface area contributed by atoms with E-state index in [0.717, 1.165) is 72.0 Å². The molecule has 2 aromatic heterocycles. The van der Waals surface area contributed by atoms with Crippen molar-refractivity contribution in [3.63, 3.8) is 0 Å². The van der Waals surface area contributed by atoms with Crippen LogP contribution >= 0.6 is 21.6 Å². The van der Waals surface area contributed by atoms with Crippen molar-refractivity contribution in [1.82, 2.24) is 15.6 Å². The summed E-state index contributed by atoms with van der Waals surface area (Å²) >= 11 is 0. The molecule has 1 saturated heterocycles. The van der Waals surface area contributed by atoms with Crippen LogP contribution in [0.25, 0.3) is 0 Å². The van der Waals surface area contributed by atoms with Gasteiger partial charge in [-0.25, -0.2) is 4.99 Å². The Morgan fingerprint density at radius 2 is 1.71 bits per heavy atom. The first-order valence-corrected chi connectivity index (χ1v) is 33.5. The van der Waals surface area contributed by atoms with Crippen LogP contribution in [0.1, 0.15) is 194 Å². The van der Waals surface area contributed by atoms with Crippen molar-refractivity contribution in [2.24, 2.45) is 69.2 Å². The number of guanidine groups is 1. The number of H-pyrrole nitrogens is 1. The van der Waals surface area contributed by atoms with Crippen LogP contribution in [0.2, 0.25) is 0 Å². The smallest absolute Gasteiger partial charge is 0.189 e. The van der Waals surface area contributed by atoms with Gasteiger partial charge < -0.3 is 61.8 Å². The van der Waals surface area contributed by atoms with Crippen LogP contribution in [0.4, 0.5) is 0 Å². The van der Waals surface area contributed by atoms with Crippen LogP contribution in [0.5, 0.6) is 11.5 Å². The lowest BCUT2D eigenvalue weighted by Crippen LogP contribution is -2.47. The van der Waals surface area contributed by atoms with Crippen LogP contribution in [-0.4, -0.2) is 98.0 Å². The zero-order valence-corrected chi connectivity index (χ0v) is 48.9. The molecule has 434 valence electrons. The molecule has 1 spiro atoms. The summed E-state index contributed by atoms with van der Waals surface area (Å²) in [5.74, 6) is 9.82. The molecule has 1 aromatic carbocycles. The molecule has 14 atom stereocenters. The number of aliphatic hydroxyl groups excluding tert-OH is 4. The maximum absolute atomic E-state index is 11.8. The van der Waals surface area contributed by atoms with Crippen molar-refractivity contribution in [3.05, 3.63) is 69.9 Å². The molecule has 1 aliphatic heterocycles. The number of hydrogen-bond acceptors (Lipinski definition) is 12. The van der Waals surface area contributed by atoms with Gasteiger partial charge in [0, 0.05) is 78.5 Å². The first-order chi connectivity index (χ1) is 37.9. The Kier molecular flexibility index (Phi) is 20.2. The fourth-order valence-electron chi connectivity index (χ4n) is 17.0. The first kappa shape index (κ1) is 58.3. The standard InChI is InChI=1S/C63H98N6O7S2/c1-38-14-20-46-42-27-40(16-21-47(46)50(52(64)30-42)36-77-78-37-56(38)69-62(65)67-44-9-3-4-10-44)18-23-59-43(34-71)29-45(76-59)19-15-41-17-22-57(73)60(28-41)75-35-58(74)54-31-49-55(68-54)32-63(24-5-6-25-63)51-12-7-11-48(51)61(49)53(13-8-26-70)66-33-39(2)72/h17,22,28-29,31,38-40,42,44,46-48,50-53,56,58,61,66,68,70-74H,3-16,18-21,23-27,30,32-37,64H2,1-2H3,(H3,65,67,69). The quantitative estimate of drug-likeness (QED) is 0.0289. The number of ether oxygens (including phenoxy) is 1. The van der Waals surface area contributed by atoms with Gasteiger partial charge in [0.25, 0.3) is 0 Å². The number of benzene rings is 1. The van der Waals surface area contributed by atoms with Crippen LogP contribution in [0, 0.1) is 52.8 Å². The highest BCUT2D eigenvalue weighted by molar-refractivity contribution is 8.76. The number of aromatic amines is 1. The summed E-state index contributed by atoms with van der Waals surface area (Å²) in [5, 5.41) is 61.0. The Bertz CT molecular complexity index is 2400. The van der Waals surface area contributed by atoms with Crippen molar-refractivity contribution in [2.75, 3.05) is 31.3 Å². The van der Waals surface area contributed by atoms with Crippen LogP contribution in [0.15, 0.2) is 39.7 Å². The lowest BCUT2D eigenvalue weighted by Gasteiger charge is -2.46. The number of hydrogen-bond donors (Lipinski definition) is 10. The Labute approximate surface area is 474 Å². The Morgan fingerprint density at radius 3 is 2.50 bits per heavy atom. The molecule has 3 aromatic rings. The van der Waals surface area contributed by atoms with Crippen LogP contribution in [0.3, 0.4) is 0 Å². The van der Waals surface area contributed by atoms with Gasteiger partial charge in [-0.1, -0.05) is 73.1 Å². The molecule has 15 heteroatoms. The normalized spacial score (nSPS) is 31.7. The second-order valence-electron chi connectivity index (χ2n) is 26.0. The van der Waals surface area contributed by atoms with Gasteiger partial charge in [-0.2, -0.15) is 0 Å². The van der Waals surface area contributed by atoms with E-state index in [1.165, 1.54) is 114 Å². The van der Waals surface area contributed by atoms with Gasteiger partial charge in [-0.15, -0.1) is 0 Å². The summed E-state index contributed by atoms with van der Waals surface area (Å²) in [6.45, 7) is 4.78. The number of phenols is 1. The molecule has 78 heavy (non-hydrogen) atoms. The Morgan fingerprint density at radius 1 is 0.897 bits per heavy atom. The van der Waals surface area contributed by atoms with Crippen molar-refractivity contribution < 1.29 is 34.7 Å². The molecule has 6 fully saturated rings. The monoisotopic (exact) mass is 1110 g/mol. The fraction of sp³-hybridized carbons (Fsp3) is 0.762. The molecule has 3 heterocycles. The van der Waals surface area contributed by atoms with Crippen molar-refractivity contribution in [2.45, 2.75) is 217 Å². The zero-order chi connectivity index (χ0) is 54.3. The van der Waals surface area contributed by atoms with Gasteiger partial charge in [0.05, 0.1) is 18.8 Å². The van der Waals surface area contributed by atoms with Crippen molar-refractivity contribution in [1.29, 1.82) is 0 Å². The number of aromatic nitrogens is 1. The average Bonchev–Trinajstić information content (AvgIpc) is 4.49. The van der Waals surface area contributed by atoms with Crippen LogP contribution < -0.4 is 26.8 Å². The van der Waals surface area contributed by atoms with Gasteiger partial charge in [-0.3, -0.25) is 0 Å². The fourth-order valence-corrected chi connectivity index (χ4v) is 19.8. The number of nitrogens with zero attached hydrogens (tertiary/aromatic N) is 1. The molecule has 0 amide bonds. The molecule has 14 unspecified atom stereocenters. The third-order valence-electron chi connectivity index (χ3n) is 21.0. The number of aromatic hydroxyl groups is 1. The number of nitrogens with one attached hydrogen (secondary N) is 3. The molecule has 12 N–H and O–H groups in total. The minimum Gasteiger partial charge on any atom is -0.504 e. The SMILES string of the molecule is CC(O)CNC(CCCO)C1c2cc(C(O)COc3cc(CCc4cc(CO)c(CCC5CCC6C7CSSCC(N=C(N)NC8CCCC8)C(C)CCC6C(C5)CC7N)o4)ccc3O)[nH]c2CC2(CCCC2)C2CCCC12. The molecule has 0 radical (unpaired) electrons. The second-order valence-corrected chi connectivity index (χ2v) is 28.6. The summed E-state index contributed by atoms with van der Waals surface area (Å²) in [4.78, 5) is 8.86. The molecule has 10 rings (SSSR count). The van der Waals surface area contributed by atoms with E-state index in [4.69, 9.17) is 25.6 Å². The van der Waals surface area contributed by atoms with Crippen molar-refractivity contribution in [3.8, 4) is 11.5 Å². The molecule has 4 bridgehead atoms. The molecular weight excluding hydrogens is 1020 g/mol. The maximum atomic E-state index is 11.8. The van der Waals surface area contributed by atoms with Crippen molar-refractivity contribution >= 4 is 27.5 Å². The van der Waals surface area contributed by atoms with E-state index in [-0.39, 0.29) is 55.0 Å². The highest BCUT2D eigenvalue weighted by Crippen LogP contribution is 2.61. The first-order valence-electron chi connectivity index (χ1n) is 31.1. The van der Waals surface area contributed by atoms with Crippen LogP contribution in [-0.2, 0) is 32.3 Å². The summed E-state index contributed by atoms with van der Waals surface area (Å²) in [6, 6.07) is 10.7. The van der Waals surface area contributed by atoms with E-state index in [1.54, 1.807) is 6.07 Å². The zero-order valence-electron chi connectivity index (χ0n) is 47.2. The number of rotatable bonds is 20. The number of furan rings is 1. The largest absolute Gasteiger partial charge is 0.504 e. The number of phenolic OH excluding ortho intramolecular Hbond substituents is 1. The van der Waals surface area contributed by atoms with E-state index in [2.05, 4.69) is 28.6 Å². The van der Waals surface area contributed by atoms with Gasteiger partial charge in [0.1, 0.15) is 24.2 Å². The van der Waals surface area contributed by atoms with E-state index >= 15 is 0 Å². The van der Waals surface area contributed by atoms with Gasteiger partial charge in [-0.05, 0) is 198 Å². The highest BCUT2D eigenvalue weighted by atomic mass is 33.1. The highest BCUT2D eigenvalue weighted by Gasteiger charge is 2.53. The Balaban J connectivity index is 0.755. The lowest BCUT2D eigenvalue weighted by molar-refractivity contribution is 0.0716. The molecular formula is C63H98N6O7S2. The minimum absolute atomic E-state index is 0.0218. The molecule has 13 nitrogen and oxygen atoms in total. The van der Waals surface area contributed by atoms with E-state index in [0.29, 0.717) is 90.9 Å². The number of fused-ring (bicyclic) bond motifs is 3. The number of nitrogens with two attached hydrogens (primary N) is 2. The molecule has 5 saturated carbocycles. The minimum atomic E-state index is -0.938. The average molecular weight is 1120 g/mol. The summed E-state index contributed by atoms with van der Waals surface area (Å²) < 4.78 is 12.8. The van der Waals surface area contributed by atoms with E-state index in [1.807, 2.05) is 46.7 Å². The lowest BCUT2D eigenvalue weighted by atomic mass is 9.62. The molecule has 6 aliphatic carbocycles. The predicted octanol–water partition coefficient (Wildman–Crippen LogP) is 10.4. The molecule has 7 aliphatic rings. The second kappa shape index (κ2) is 27.0. The third kappa shape index (κ3) is 13.8. The van der Waals surface area contributed by atoms with Gasteiger partial charge in [0.15, 0.2) is 17.5 Å². The third-order valence-corrected chi connectivity index (χ3v) is 23.4. The van der Waals surface area contributed by atoms with E-state index < -0.39 is 12.2 Å². The Hall–Kier alpha value is -2.89. The number of aliphatic imine (C=N–C) groups is 1. The topological polar surface area (TPSA) is 228 Å². The summed E-state index contributed by atoms with van der Waals surface area (Å²) in [6.07, 6.45) is 25.1.